The second-order valence-electron chi connectivity index (χ2n) is 14.3. The number of aromatic nitrogens is 5. The fourth-order valence-electron chi connectivity index (χ4n) is 8.05. The predicted molar refractivity (Wildman–Crippen MR) is 230 cm³/mol. The van der Waals surface area contributed by atoms with Crippen molar-refractivity contribution in [3.05, 3.63) is 200 Å². The van der Waals surface area contributed by atoms with E-state index in [0.717, 1.165) is 88.5 Å². The average molecular weight is 732 g/mol. The summed E-state index contributed by atoms with van der Waals surface area (Å²) in [6, 6.07) is 62.7. The number of benzene rings is 7. The summed E-state index contributed by atoms with van der Waals surface area (Å²) in [7, 11) is 0. The van der Waals surface area contributed by atoms with Gasteiger partial charge in [0.05, 0.1) is 11.0 Å². The summed E-state index contributed by atoms with van der Waals surface area (Å²) in [5.74, 6) is 2.69. The normalized spacial score (nSPS) is 11.6. The Balaban J connectivity index is 1.17. The van der Waals surface area contributed by atoms with Crippen molar-refractivity contribution in [3.63, 3.8) is 0 Å². The van der Waals surface area contributed by atoms with E-state index in [4.69, 9.17) is 24.4 Å². The summed E-state index contributed by atoms with van der Waals surface area (Å²) >= 11 is 0. The molecule has 0 aliphatic heterocycles. The number of para-hydroxylation sites is 2. The van der Waals surface area contributed by atoms with Gasteiger partial charge in [-0.2, -0.15) is 0 Å². The number of rotatable bonds is 7. The lowest BCUT2D eigenvalue weighted by Gasteiger charge is -2.15. The minimum absolute atomic E-state index is 0.404. The number of hydrogen-bond acceptors (Lipinski definition) is 5. The minimum Gasteiger partial charge on any atom is -0.454 e. The molecule has 57 heavy (non-hydrogen) atoms. The second-order valence-corrected chi connectivity index (χ2v) is 14.3. The number of hydrogen-bond donors (Lipinski definition) is 0. The van der Waals surface area contributed by atoms with E-state index in [0.29, 0.717) is 23.9 Å². The summed E-state index contributed by atoms with van der Waals surface area (Å²) < 4.78 is 8.98. The van der Waals surface area contributed by atoms with Gasteiger partial charge < -0.3 is 4.42 Å². The lowest BCUT2D eigenvalue weighted by atomic mass is 9.98. The standard InChI is InChI=1S/C51H33N5O/c1-4-15-33(16-5-1)36-21-14-22-37(29-36)39-30-38(31-46-53-49(34-17-6-2-7-18-34)55-50(54-46)35-19-8-3-9-20-35)51(52-32-39)56-44-25-12-10-23-40(44)42-27-28-43-41-24-11-13-26-45(41)57-48(43)47(42)56/h1-30,32H,31H2. The summed E-state index contributed by atoms with van der Waals surface area (Å²) in [6.07, 6.45) is 2.39. The Kier molecular flexibility index (Phi) is 7.78. The first-order valence-electron chi connectivity index (χ1n) is 19.1. The third-order valence-electron chi connectivity index (χ3n) is 10.7. The lowest BCUT2D eigenvalue weighted by molar-refractivity contribution is 0.671. The maximum Gasteiger partial charge on any atom is 0.163 e. The summed E-state index contributed by atoms with van der Waals surface area (Å²) in [6.45, 7) is 0. The summed E-state index contributed by atoms with van der Waals surface area (Å²) in [4.78, 5) is 20.6. The van der Waals surface area contributed by atoms with Gasteiger partial charge in [0.2, 0.25) is 0 Å². The molecule has 0 radical (unpaired) electrons. The third-order valence-corrected chi connectivity index (χ3v) is 10.7. The van der Waals surface area contributed by atoms with Gasteiger partial charge in [-0.05, 0) is 47.0 Å². The molecule has 0 aliphatic rings. The highest BCUT2D eigenvalue weighted by Crippen LogP contribution is 2.41. The van der Waals surface area contributed by atoms with Gasteiger partial charge in [-0.25, -0.2) is 19.9 Å². The van der Waals surface area contributed by atoms with Crippen molar-refractivity contribution in [2.45, 2.75) is 6.42 Å². The molecule has 0 N–H and O–H groups in total. The van der Waals surface area contributed by atoms with Crippen LogP contribution in [0, 0.1) is 0 Å². The van der Waals surface area contributed by atoms with Crippen LogP contribution in [0.2, 0.25) is 0 Å². The number of nitrogens with zero attached hydrogens (tertiary/aromatic N) is 5. The largest absolute Gasteiger partial charge is 0.454 e. The van der Waals surface area contributed by atoms with Crippen LogP contribution in [0.25, 0.3) is 94.6 Å². The van der Waals surface area contributed by atoms with E-state index in [-0.39, 0.29) is 0 Å². The van der Waals surface area contributed by atoms with Gasteiger partial charge in [-0.1, -0.05) is 152 Å². The second kappa shape index (κ2) is 13.6. The van der Waals surface area contributed by atoms with Crippen molar-refractivity contribution in [1.82, 2.24) is 24.5 Å². The highest BCUT2D eigenvalue weighted by Gasteiger charge is 2.23. The average Bonchev–Trinajstić information content (AvgIpc) is 3.83. The molecule has 0 bridgehead atoms. The molecular formula is C51H33N5O. The van der Waals surface area contributed by atoms with E-state index in [1.165, 1.54) is 0 Å². The molecule has 0 amide bonds. The van der Waals surface area contributed by atoms with E-state index < -0.39 is 0 Å². The van der Waals surface area contributed by atoms with E-state index in [1.54, 1.807) is 0 Å². The number of fused-ring (bicyclic) bond motifs is 7. The quantitative estimate of drug-likeness (QED) is 0.163. The molecule has 6 nitrogen and oxygen atoms in total. The maximum atomic E-state index is 6.71. The topological polar surface area (TPSA) is 69.6 Å². The first kappa shape index (κ1) is 32.7. The van der Waals surface area contributed by atoms with Crippen LogP contribution in [0.15, 0.2) is 193 Å². The Hall–Kier alpha value is -7.70. The van der Waals surface area contributed by atoms with Crippen molar-refractivity contribution >= 4 is 43.7 Å². The number of pyridine rings is 1. The molecule has 6 heteroatoms. The molecule has 0 atom stereocenters. The van der Waals surface area contributed by atoms with Crippen molar-refractivity contribution in [3.8, 4) is 50.8 Å². The summed E-state index contributed by atoms with van der Waals surface area (Å²) in [5.41, 5.74) is 10.9. The Morgan fingerprint density at radius 3 is 1.74 bits per heavy atom. The van der Waals surface area contributed by atoms with E-state index in [2.05, 4.69) is 108 Å². The Morgan fingerprint density at radius 1 is 0.439 bits per heavy atom. The van der Waals surface area contributed by atoms with Crippen molar-refractivity contribution in [1.29, 1.82) is 0 Å². The zero-order valence-electron chi connectivity index (χ0n) is 30.7. The highest BCUT2D eigenvalue weighted by molar-refractivity contribution is 6.21. The van der Waals surface area contributed by atoms with Crippen LogP contribution in [0.3, 0.4) is 0 Å². The molecule has 0 spiro atoms. The summed E-state index contributed by atoms with van der Waals surface area (Å²) in [5, 5.41) is 4.37. The van der Waals surface area contributed by atoms with E-state index in [9.17, 15) is 0 Å². The van der Waals surface area contributed by atoms with Crippen molar-refractivity contribution in [2.75, 3.05) is 0 Å². The molecule has 4 heterocycles. The van der Waals surface area contributed by atoms with Crippen LogP contribution in [0.4, 0.5) is 0 Å². The molecule has 11 aromatic rings. The molecule has 0 unspecified atom stereocenters. The van der Waals surface area contributed by atoms with Gasteiger partial charge in [0.25, 0.3) is 0 Å². The molecule has 0 fully saturated rings. The van der Waals surface area contributed by atoms with Crippen LogP contribution in [0.5, 0.6) is 0 Å². The van der Waals surface area contributed by atoms with E-state index in [1.807, 2.05) is 85.1 Å². The molecule has 268 valence electrons. The molecule has 11 rings (SSSR count). The maximum absolute atomic E-state index is 6.71. The zero-order chi connectivity index (χ0) is 37.7. The molecule has 0 aliphatic carbocycles. The number of furan rings is 1. The first-order chi connectivity index (χ1) is 28.2. The molecule has 7 aromatic carbocycles. The van der Waals surface area contributed by atoms with Gasteiger partial charge in [0, 0.05) is 56.4 Å². The van der Waals surface area contributed by atoms with Gasteiger partial charge in [0.15, 0.2) is 17.2 Å². The van der Waals surface area contributed by atoms with Crippen LogP contribution in [0.1, 0.15) is 11.4 Å². The smallest absolute Gasteiger partial charge is 0.163 e. The van der Waals surface area contributed by atoms with Gasteiger partial charge in [-0.15, -0.1) is 0 Å². The Labute approximate surface area is 328 Å². The first-order valence-corrected chi connectivity index (χ1v) is 19.1. The van der Waals surface area contributed by atoms with Gasteiger partial charge in [0.1, 0.15) is 17.2 Å². The van der Waals surface area contributed by atoms with Crippen molar-refractivity contribution in [2.24, 2.45) is 0 Å². The van der Waals surface area contributed by atoms with Crippen LogP contribution in [-0.4, -0.2) is 24.5 Å². The van der Waals surface area contributed by atoms with Crippen LogP contribution < -0.4 is 0 Å². The van der Waals surface area contributed by atoms with Crippen molar-refractivity contribution < 1.29 is 4.42 Å². The van der Waals surface area contributed by atoms with Gasteiger partial charge >= 0.3 is 0 Å². The predicted octanol–water partition coefficient (Wildman–Crippen LogP) is 12.5. The fraction of sp³-hybridized carbons (Fsp3) is 0.0196. The monoisotopic (exact) mass is 731 g/mol. The Morgan fingerprint density at radius 2 is 1.02 bits per heavy atom. The molecule has 0 saturated carbocycles. The molecule has 0 saturated heterocycles. The third kappa shape index (κ3) is 5.74. The fourth-order valence-corrected chi connectivity index (χ4v) is 8.05. The highest BCUT2D eigenvalue weighted by atomic mass is 16.3. The SMILES string of the molecule is c1ccc(-c2cccc(-c3cnc(-n4c5ccccc5c5ccc6c7ccccc7oc6c54)c(Cc4nc(-c5ccccc5)nc(-c5ccccc5)n4)c3)c2)cc1. The van der Waals surface area contributed by atoms with Crippen LogP contribution >= 0.6 is 0 Å². The lowest BCUT2D eigenvalue weighted by Crippen LogP contribution is -2.08. The van der Waals surface area contributed by atoms with Gasteiger partial charge in [-0.3, -0.25) is 4.57 Å². The van der Waals surface area contributed by atoms with Crippen LogP contribution in [-0.2, 0) is 6.42 Å². The zero-order valence-corrected chi connectivity index (χ0v) is 30.7. The van der Waals surface area contributed by atoms with E-state index >= 15 is 0 Å². The minimum atomic E-state index is 0.404. The molecule has 4 aromatic heterocycles. The molecular weight excluding hydrogens is 699 g/mol. The Bertz CT molecular complexity index is 3200.